The quantitative estimate of drug-likeness (QED) is 0.776. The standard InChI is InChI=1S/C20H23FN4O4S/c21-13-6-17(11-22-10-13)30(27,28)25-15-2-1-3-16(25)8-14(7-15)23-20(26)18-9-19(29-24-18)12-4-5-12/h6,9-12,14-16H,1-5,7-8H2,(H,23,26)/t14?,15-,16?/m1/s1. The summed E-state index contributed by atoms with van der Waals surface area (Å²) < 4.78 is 46.7. The van der Waals surface area contributed by atoms with E-state index in [4.69, 9.17) is 4.52 Å². The Kier molecular flexibility index (Phi) is 4.85. The van der Waals surface area contributed by atoms with Gasteiger partial charge in [-0.1, -0.05) is 11.6 Å². The van der Waals surface area contributed by atoms with Crippen LogP contribution in [0.4, 0.5) is 4.39 Å². The predicted molar refractivity (Wildman–Crippen MR) is 104 cm³/mol. The fraction of sp³-hybridized carbons (Fsp3) is 0.550. The molecule has 30 heavy (non-hydrogen) atoms. The molecule has 2 unspecified atom stereocenters. The first kappa shape index (κ1) is 19.6. The van der Waals surface area contributed by atoms with Gasteiger partial charge in [0.15, 0.2) is 5.69 Å². The molecule has 160 valence electrons. The maximum atomic E-state index is 13.6. The summed E-state index contributed by atoms with van der Waals surface area (Å²) in [6.07, 6.45) is 7.67. The second kappa shape index (κ2) is 7.42. The number of fused-ring (bicyclic) bond motifs is 2. The summed E-state index contributed by atoms with van der Waals surface area (Å²) in [6.45, 7) is 0. The SMILES string of the molecule is O=C(NC1CC2CCC[C@H](C1)N2S(=O)(=O)c1cncc(F)c1)c1cc(C2CC2)on1. The van der Waals surface area contributed by atoms with Crippen molar-refractivity contribution >= 4 is 15.9 Å². The van der Waals surface area contributed by atoms with Crippen molar-refractivity contribution in [3.63, 3.8) is 0 Å². The van der Waals surface area contributed by atoms with Crippen molar-refractivity contribution in [3.05, 3.63) is 41.8 Å². The van der Waals surface area contributed by atoms with E-state index < -0.39 is 15.8 Å². The molecule has 2 aliphatic heterocycles. The molecule has 4 heterocycles. The van der Waals surface area contributed by atoms with Crippen LogP contribution < -0.4 is 5.32 Å². The average molecular weight is 434 g/mol. The van der Waals surface area contributed by atoms with Gasteiger partial charge in [-0.3, -0.25) is 9.78 Å². The molecule has 1 amide bonds. The Hall–Kier alpha value is -2.33. The minimum atomic E-state index is -3.86. The molecule has 8 nitrogen and oxygen atoms in total. The van der Waals surface area contributed by atoms with Crippen molar-refractivity contribution in [1.29, 1.82) is 0 Å². The van der Waals surface area contributed by atoms with Crippen molar-refractivity contribution in [1.82, 2.24) is 19.8 Å². The minimum absolute atomic E-state index is 0.128. The smallest absolute Gasteiger partial charge is 0.273 e. The molecule has 10 heteroatoms. The Morgan fingerprint density at radius 3 is 2.53 bits per heavy atom. The number of piperidine rings is 2. The topological polar surface area (TPSA) is 105 Å². The summed E-state index contributed by atoms with van der Waals surface area (Å²) >= 11 is 0. The molecule has 5 rings (SSSR count). The fourth-order valence-electron chi connectivity index (χ4n) is 4.72. The van der Waals surface area contributed by atoms with Gasteiger partial charge >= 0.3 is 0 Å². The Morgan fingerprint density at radius 1 is 1.13 bits per heavy atom. The van der Waals surface area contributed by atoms with E-state index in [2.05, 4.69) is 15.5 Å². The molecule has 2 aromatic rings. The molecule has 3 aliphatic rings. The molecular formula is C20H23FN4O4S. The predicted octanol–water partition coefficient (Wildman–Crippen LogP) is 2.59. The van der Waals surface area contributed by atoms with E-state index >= 15 is 0 Å². The molecule has 2 bridgehead atoms. The summed E-state index contributed by atoms with van der Waals surface area (Å²) in [5.74, 6) is 0.159. The van der Waals surface area contributed by atoms with Crippen molar-refractivity contribution in [3.8, 4) is 0 Å². The number of pyridine rings is 1. The number of rotatable bonds is 5. The van der Waals surface area contributed by atoms with Crippen LogP contribution in [0, 0.1) is 5.82 Å². The molecule has 1 aliphatic carbocycles. The number of aromatic nitrogens is 2. The Morgan fingerprint density at radius 2 is 1.87 bits per heavy atom. The average Bonchev–Trinajstić information content (AvgIpc) is 3.43. The summed E-state index contributed by atoms with van der Waals surface area (Å²) in [5, 5.41) is 6.88. The van der Waals surface area contributed by atoms with Crippen LogP contribution in [-0.2, 0) is 10.0 Å². The van der Waals surface area contributed by atoms with E-state index in [9.17, 15) is 17.6 Å². The number of halogens is 1. The number of sulfonamides is 1. The minimum Gasteiger partial charge on any atom is -0.360 e. The molecule has 1 N–H and O–H groups in total. The van der Waals surface area contributed by atoms with Crippen LogP contribution in [0.3, 0.4) is 0 Å². The number of amides is 1. The fourth-order valence-corrected chi connectivity index (χ4v) is 6.59. The maximum Gasteiger partial charge on any atom is 0.273 e. The molecule has 2 saturated heterocycles. The van der Waals surface area contributed by atoms with Gasteiger partial charge in [0.25, 0.3) is 5.91 Å². The van der Waals surface area contributed by atoms with Gasteiger partial charge in [0.2, 0.25) is 10.0 Å². The monoisotopic (exact) mass is 434 g/mol. The van der Waals surface area contributed by atoms with Gasteiger partial charge in [-0.25, -0.2) is 12.8 Å². The first-order valence-electron chi connectivity index (χ1n) is 10.3. The van der Waals surface area contributed by atoms with E-state index in [0.29, 0.717) is 31.6 Å². The third kappa shape index (κ3) is 3.62. The number of nitrogens with zero attached hydrogens (tertiary/aromatic N) is 3. The van der Waals surface area contributed by atoms with Gasteiger partial charge in [-0.05, 0) is 44.6 Å². The number of carbonyl (C=O) groups excluding carboxylic acids is 1. The first-order chi connectivity index (χ1) is 14.4. The van der Waals surface area contributed by atoms with Crippen LogP contribution in [-0.4, -0.2) is 46.9 Å². The summed E-state index contributed by atoms with van der Waals surface area (Å²) in [4.78, 5) is 16.2. The third-order valence-electron chi connectivity index (χ3n) is 6.24. The van der Waals surface area contributed by atoms with Crippen LogP contribution in [0.1, 0.15) is 67.1 Å². The van der Waals surface area contributed by atoms with Gasteiger partial charge in [0.1, 0.15) is 16.5 Å². The molecule has 0 spiro atoms. The Labute approximate surface area is 173 Å². The van der Waals surface area contributed by atoms with Gasteiger partial charge in [-0.15, -0.1) is 0 Å². The Balaban J connectivity index is 1.31. The summed E-state index contributed by atoms with van der Waals surface area (Å²) in [7, 11) is -3.86. The lowest BCUT2D eigenvalue weighted by atomic mass is 9.84. The zero-order valence-corrected chi connectivity index (χ0v) is 17.1. The highest BCUT2D eigenvalue weighted by Gasteiger charge is 2.45. The Bertz CT molecular complexity index is 1050. The molecular weight excluding hydrogens is 411 g/mol. The lowest BCUT2D eigenvalue weighted by Crippen LogP contribution is -2.58. The zero-order chi connectivity index (χ0) is 20.9. The second-order valence-corrected chi connectivity index (χ2v) is 10.3. The van der Waals surface area contributed by atoms with Crippen LogP contribution in [0.5, 0.6) is 0 Å². The van der Waals surface area contributed by atoms with Gasteiger partial charge in [-0.2, -0.15) is 4.31 Å². The van der Waals surface area contributed by atoms with Crippen molar-refractivity contribution in [2.24, 2.45) is 0 Å². The molecule has 0 radical (unpaired) electrons. The largest absolute Gasteiger partial charge is 0.360 e. The number of carbonyl (C=O) groups is 1. The number of nitrogens with one attached hydrogen (secondary N) is 1. The summed E-state index contributed by atoms with van der Waals surface area (Å²) in [5.41, 5.74) is 0.267. The molecule has 2 aromatic heterocycles. The number of hydrogen-bond donors (Lipinski definition) is 1. The van der Waals surface area contributed by atoms with E-state index in [0.717, 1.165) is 37.3 Å². The first-order valence-corrected chi connectivity index (χ1v) is 11.8. The summed E-state index contributed by atoms with van der Waals surface area (Å²) in [6, 6.07) is 2.08. The highest BCUT2D eigenvalue weighted by atomic mass is 32.2. The van der Waals surface area contributed by atoms with E-state index in [1.54, 1.807) is 6.07 Å². The van der Waals surface area contributed by atoms with Crippen molar-refractivity contribution < 1.29 is 22.1 Å². The molecule has 3 fully saturated rings. The van der Waals surface area contributed by atoms with Crippen LogP contribution in [0.2, 0.25) is 0 Å². The van der Waals surface area contributed by atoms with Crippen LogP contribution in [0.25, 0.3) is 0 Å². The van der Waals surface area contributed by atoms with Gasteiger partial charge < -0.3 is 9.84 Å². The molecule has 3 atom stereocenters. The van der Waals surface area contributed by atoms with Crippen LogP contribution >= 0.6 is 0 Å². The van der Waals surface area contributed by atoms with Crippen molar-refractivity contribution in [2.75, 3.05) is 0 Å². The molecule has 1 saturated carbocycles. The highest BCUT2D eigenvalue weighted by Crippen LogP contribution is 2.40. The lowest BCUT2D eigenvalue weighted by molar-refractivity contribution is 0.0789. The van der Waals surface area contributed by atoms with Crippen LogP contribution in [0.15, 0.2) is 33.9 Å². The lowest BCUT2D eigenvalue weighted by Gasteiger charge is -2.47. The van der Waals surface area contributed by atoms with E-state index in [1.165, 1.54) is 10.5 Å². The highest BCUT2D eigenvalue weighted by molar-refractivity contribution is 7.89. The van der Waals surface area contributed by atoms with E-state index in [-0.39, 0.29) is 34.6 Å². The van der Waals surface area contributed by atoms with Gasteiger partial charge in [0, 0.05) is 36.3 Å². The third-order valence-corrected chi connectivity index (χ3v) is 8.21. The zero-order valence-electron chi connectivity index (χ0n) is 16.3. The molecule has 0 aromatic carbocycles. The van der Waals surface area contributed by atoms with E-state index in [1.807, 2.05) is 0 Å². The van der Waals surface area contributed by atoms with Gasteiger partial charge in [0.05, 0.1) is 6.20 Å². The second-order valence-electron chi connectivity index (χ2n) is 8.44. The number of hydrogen-bond acceptors (Lipinski definition) is 6. The normalized spacial score (nSPS) is 27.0. The van der Waals surface area contributed by atoms with Crippen molar-refractivity contribution in [2.45, 2.75) is 73.9 Å². The maximum absolute atomic E-state index is 13.6.